The molecule has 5 nitrogen and oxygen atoms in total. The fourth-order valence-corrected chi connectivity index (χ4v) is 3.10. The molecular weight excluding hydrogens is 310 g/mol. The van der Waals surface area contributed by atoms with Crippen LogP contribution in [-0.2, 0) is 0 Å². The van der Waals surface area contributed by atoms with Crippen molar-refractivity contribution < 1.29 is 0 Å². The zero-order valence-corrected chi connectivity index (χ0v) is 14.5. The van der Waals surface area contributed by atoms with Gasteiger partial charge in [-0.3, -0.25) is 4.90 Å². The second kappa shape index (κ2) is 7.66. The van der Waals surface area contributed by atoms with Crippen molar-refractivity contribution in [2.24, 2.45) is 0 Å². The molecule has 130 valence electrons. The number of nitrogens with one attached hydrogen (secondary N) is 1. The Labute approximate surface area is 149 Å². The summed E-state index contributed by atoms with van der Waals surface area (Å²) in [5.41, 5.74) is 1.26. The Balaban J connectivity index is 1.27. The van der Waals surface area contributed by atoms with Gasteiger partial charge in [0.2, 0.25) is 0 Å². The van der Waals surface area contributed by atoms with Crippen LogP contribution in [0.25, 0.3) is 6.08 Å². The van der Waals surface area contributed by atoms with Gasteiger partial charge in [0, 0.05) is 44.8 Å². The summed E-state index contributed by atoms with van der Waals surface area (Å²) in [5, 5.41) is 3.45. The fraction of sp³-hybridized carbons (Fsp3) is 0.400. The first-order chi connectivity index (χ1) is 12.4. The minimum atomic E-state index is 0.621. The van der Waals surface area contributed by atoms with Crippen molar-refractivity contribution >= 4 is 17.7 Å². The highest BCUT2D eigenvalue weighted by molar-refractivity contribution is 5.50. The second-order valence-corrected chi connectivity index (χ2v) is 6.78. The molecule has 0 bridgehead atoms. The van der Waals surface area contributed by atoms with Gasteiger partial charge in [-0.15, -0.1) is 0 Å². The van der Waals surface area contributed by atoms with Crippen LogP contribution < -0.4 is 10.2 Å². The SMILES string of the molecule is C(=C\c1ccccc1)/CN1CCN(c2cc(NC3CC3)ncn2)CC1. The molecule has 25 heavy (non-hydrogen) atoms. The predicted octanol–water partition coefficient (Wildman–Crippen LogP) is 2.89. The zero-order valence-electron chi connectivity index (χ0n) is 14.5. The molecular formula is C20H25N5. The lowest BCUT2D eigenvalue weighted by Crippen LogP contribution is -2.46. The van der Waals surface area contributed by atoms with Crippen molar-refractivity contribution in [3.63, 3.8) is 0 Å². The number of anilines is 2. The Morgan fingerprint density at radius 3 is 2.60 bits per heavy atom. The van der Waals surface area contributed by atoms with Gasteiger partial charge in [0.05, 0.1) is 0 Å². The van der Waals surface area contributed by atoms with Crippen molar-refractivity contribution in [2.45, 2.75) is 18.9 Å². The van der Waals surface area contributed by atoms with Crippen LogP contribution in [0.3, 0.4) is 0 Å². The molecule has 2 fully saturated rings. The summed E-state index contributed by atoms with van der Waals surface area (Å²) in [6.07, 6.45) is 8.65. The zero-order chi connectivity index (χ0) is 16.9. The van der Waals surface area contributed by atoms with Gasteiger partial charge in [0.25, 0.3) is 0 Å². The van der Waals surface area contributed by atoms with E-state index in [9.17, 15) is 0 Å². The summed E-state index contributed by atoms with van der Waals surface area (Å²) in [7, 11) is 0. The van der Waals surface area contributed by atoms with Crippen LogP contribution in [0, 0.1) is 0 Å². The Bertz CT molecular complexity index is 703. The van der Waals surface area contributed by atoms with Crippen molar-refractivity contribution in [2.75, 3.05) is 42.9 Å². The summed E-state index contributed by atoms with van der Waals surface area (Å²) in [6, 6.07) is 13.2. The first kappa shape index (κ1) is 16.1. The van der Waals surface area contributed by atoms with E-state index < -0.39 is 0 Å². The molecule has 1 aliphatic carbocycles. The molecule has 0 unspecified atom stereocenters. The third-order valence-electron chi connectivity index (χ3n) is 4.75. The first-order valence-electron chi connectivity index (χ1n) is 9.14. The number of benzene rings is 1. The molecule has 1 aromatic carbocycles. The lowest BCUT2D eigenvalue weighted by atomic mass is 10.2. The maximum atomic E-state index is 4.46. The average Bonchev–Trinajstić information content (AvgIpc) is 3.47. The third kappa shape index (κ3) is 4.57. The summed E-state index contributed by atoms with van der Waals surface area (Å²) >= 11 is 0. The molecule has 0 spiro atoms. The van der Waals surface area contributed by atoms with E-state index in [0.717, 1.165) is 44.4 Å². The molecule has 1 N–H and O–H groups in total. The predicted molar refractivity (Wildman–Crippen MR) is 103 cm³/mol. The molecule has 0 radical (unpaired) electrons. The molecule has 5 heteroatoms. The van der Waals surface area contributed by atoms with Gasteiger partial charge >= 0.3 is 0 Å². The van der Waals surface area contributed by atoms with Gasteiger partial charge in [0.15, 0.2) is 0 Å². The van der Waals surface area contributed by atoms with Crippen LogP contribution in [0.5, 0.6) is 0 Å². The van der Waals surface area contributed by atoms with Crippen molar-refractivity contribution in [1.29, 1.82) is 0 Å². The van der Waals surface area contributed by atoms with Gasteiger partial charge in [-0.1, -0.05) is 42.5 Å². The fourth-order valence-electron chi connectivity index (χ4n) is 3.10. The van der Waals surface area contributed by atoms with Gasteiger partial charge in [0.1, 0.15) is 18.0 Å². The van der Waals surface area contributed by atoms with Crippen LogP contribution >= 0.6 is 0 Å². The Morgan fingerprint density at radius 2 is 1.84 bits per heavy atom. The summed E-state index contributed by atoms with van der Waals surface area (Å²) < 4.78 is 0. The number of nitrogens with zero attached hydrogens (tertiary/aromatic N) is 4. The summed E-state index contributed by atoms with van der Waals surface area (Å²) in [6.45, 7) is 5.15. The average molecular weight is 335 g/mol. The van der Waals surface area contributed by atoms with E-state index in [1.807, 2.05) is 0 Å². The van der Waals surface area contributed by atoms with E-state index in [1.165, 1.54) is 18.4 Å². The van der Waals surface area contributed by atoms with E-state index in [1.54, 1.807) is 6.33 Å². The van der Waals surface area contributed by atoms with E-state index in [2.05, 4.69) is 73.6 Å². The minimum absolute atomic E-state index is 0.621. The number of hydrogen-bond donors (Lipinski definition) is 1. The van der Waals surface area contributed by atoms with E-state index in [0.29, 0.717) is 6.04 Å². The Morgan fingerprint density at radius 1 is 1.04 bits per heavy atom. The standard InChI is InChI=1S/C20H25N5/c1-2-5-17(6-3-1)7-4-10-24-11-13-25(14-12-24)20-15-19(21-16-22-20)23-18-8-9-18/h1-7,15-16,18H,8-14H2,(H,21,22,23)/b7-4+. The summed E-state index contributed by atoms with van der Waals surface area (Å²) in [4.78, 5) is 13.6. The lowest BCUT2D eigenvalue weighted by molar-refractivity contribution is 0.283. The lowest BCUT2D eigenvalue weighted by Gasteiger charge is -2.34. The number of rotatable bonds is 6. The maximum absolute atomic E-state index is 4.46. The molecule has 0 atom stereocenters. The number of piperazine rings is 1. The molecule has 2 aromatic rings. The Hall–Kier alpha value is -2.40. The molecule has 1 aromatic heterocycles. The van der Waals surface area contributed by atoms with Crippen LogP contribution in [-0.4, -0.2) is 53.6 Å². The largest absolute Gasteiger partial charge is 0.367 e. The van der Waals surface area contributed by atoms with E-state index in [4.69, 9.17) is 0 Å². The van der Waals surface area contributed by atoms with Gasteiger partial charge in [-0.05, 0) is 18.4 Å². The van der Waals surface area contributed by atoms with Crippen molar-refractivity contribution in [3.05, 3.63) is 54.4 Å². The van der Waals surface area contributed by atoms with Crippen molar-refractivity contribution in [3.8, 4) is 0 Å². The van der Waals surface area contributed by atoms with Crippen LogP contribution in [0.1, 0.15) is 18.4 Å². The highest BCUT2D eigenvalue weighted by atomic mass is 15.3. The molecule has 4 rings (SSSR count). The number of hydrogen-bond acceptors (Lipinski definition) is 5. The normalized spacial score (nSPS) is 18.6. The second-order valence-electron chi connectivity index (χ2n) is 6.78. The smallest absolute Gasteiger partial charge is 0.134 e. The molecule has 1 saturated heterocycles. The van der Waals surface area contributed by atoms with E-state index >= 15 is 0 Å². The third-order valence-corrected chi connectivity index (χ3v) is 4.75. The molecule has 1 saturated carbocycles. The molecule has 1 aliphatic heterocycles. The monoisotopic (exact) mass is 335 g/mol. The first-order valence-corrected chi connectivity index (χ1v) is 9.14. The minimum Gasteiger partial charge on any atom is -0.367 e. The highest BCUT2D eigenvalue weighted by Gasteiger charge is 2.22. The maximum Gasteiger partial charge on any atom is 0.134 e. The van der Waals surface area contributed by atoms with Gasteiger partial charge in [-0.25, -0.2) is 9.97 Å². The van der Waals surface area contributed by atoms with Gasteiger partial charge in [-0.2, -0.15) is 0 Å². The Kier molecular flexibility index (Phi) is 4.93. The quantitative estimate of drug-likeness (QED) is 0.879. The highest BCUT2D eigenvalue weighted by Crippen LogP contribution is 2.25. The summed E-state index contributed by atoms with van der Waals surface area (Å²) in [5.74, 6) is 2.00. The van der Waals surface area contributed by atoms with E-state index in [-0.39, 0.29) is 0 Å². The topological polar surface area (TPSA) is 44.3 Å². The molecule has 2 aliphatic rings. The van der Waals surface area contributed by atoms with Crippen LogP contribution in [0.15, 0.2) is 48.8 Å². The molecule has 2 heterocycles. The van der Waals surface area contributed by atoms with Crippen LogP contribution in [0.2, 0.25) is 0 Å². The van der Waals surface area contributed by atoms with Crippen molar-refractivity contribution in [1.82, 2.24) is 14.9 Å². The number of aromatic nitrogens is 2. The molecule has 0 amide bonds. The van der Waals surface area contributed by atoms with Crippen LogP contribution in [0.4, 0.5) is 11.6 Å². The van der Waals surface area contributed by atoms with Gasteiger partial charge < -0.3 is 10.2 Å².